The lowest BCUT2D eigenvalue weighted by atomic mass is 10.2. The molecule has 0 aliphatic carbocycles. The number of nitrogens with two attached hydrogens (primary N) is 1. The van der Waals surface area contributed by atoms with Crippen molar-refractivity contribution in [2.24, 2.45) is 5.73 Å². The fraction of sp³-hybridized carbons (Fsp3) is 0.250. The van der Waals surface area contributed by atoms with Crippen LogP contribution in [-0.4, -0.2) is 23.9 Å². The van der Waals surface area contributed by atoms with Crippen molar-refractivity contribution in [2.45, 2.75) is 6.42 Å². The number of hydrogen-bond acceptors (Lipinski definition) is 4. The van der Waals surface area contributed by atoms with Gasteiger partial charge in [0, 0.05) is 24.8 Å². The zero-order valence-electron chi connectivity index (χ0n) is 9.83. The van der Waals surface area contributed by atoms with E-state index in [-0.39, 0.29) is 11.6 Å². The molecular weight excluding hydrogens is 234 g/mol. The van der Waals surface area contributed by atoms with Crippen LogP contribution < -0.4 is 11.1 Å². The van der Waals surface area contributed by atoms with Crippen LogP contribution in [0.25, 0.3) is 6.08 Å². The molecule has 1 rings (SSSR count). The maximum atomic E-state index is 11.3. The number of rotatable bonds is 6. The van der Waals surface area contributed by atoms with Crippen molar-refractivity contribution in [3.63, 3.8) is 0 Å². The number of nitrogens with one attached hydrogen (secondary N) is 1. The van der Waals surface area contributed by atoms with Gasteiger partial charge in [-0.1, -0.05) is 12.1 Å². The van der Waals surface area contributed by atoms with Gasteiger partial charge in [-0.3, -0.25) is 14.9 Å². The molecule has 0 radical (unpaired) electrons. The quantitative estimate of drug-likeness (QED) is 0.341. The van der Waals surface area contributed by atoms with E-state index >= 15 is 0 Å². The Bertz CT molecular complexity index is 458. The Morgan fingerprint density at radius 2 is 2.28 bits per heavy atom. The van der Waals surface area contributed by atoms with Crippen molar-refractivity contribution in [1.82, 2.24) is 5.32 Å². The molecule has 0 spiro atoms. The van der Waals surface area contributed by atoms with Gasteiger partial charge in [-0.2, -0.15) is 0 Å². The molecule has 0 saturated heterocycles. The lowest BCUT2D eigenvalue weighted by Gasteiger charge is -1.99. The van der Waals surface area contributed by atoms with Gasteiger partial charge in [0.05, 0.1) is 4.92 Å². The van der Waals surface area contributed by atoms with E-state index in [1.54, 1.807) is 12.1 Å². The lowest BCUT2D eigenvalue weighted by Crippen LogP contribution is -2.23. The SMILES string of the molecule is NCCCNC(=O)/C=C/c1cccc([N+](=O)[O-])c1. The minimum absolute atomic E-state index is 0.000639. The van der Waals surface area contributed by atoms with Gasteiger partial charge in [-0.15, -0.1) is 0 Å². The zero-order valence-corrected chi connectivity index (χ0v) is 9.83. The third-order valence-corrected chi connectivity index (χ3v) is 2.19. The summed E-state index contributed by atoms with van der Waals surface area (Å²) in [6, 6.07) is 6.07. The standard InChI is InChI=1S/C12H15N3O3/c13-7-2-8-14-12(16)6-5-10-3-1-4-11(9-10)15(17)18/h1,3-6,9H,2,7-8,13H2,(H,14,16)/b6-5+. The van der Waals surface area contributed by atoms with Gasteiger partial charge in [0.1, 0.15) is 0 Å². The van der Waals surface area contributed by atoms with Gasteiger partial charge < -0.3 is 11.1 Å². The highest BCUT2D eigenvalue weighted by molar-refractivity contribution is 5.91. The van der Waals surface area contributed by atoms with E-state index in [2.05, 4.69) is 5.32 Å². The highest BCUT2D eigenvalue weighted by atomic mass is 16.6. The number of carbonyl (C=O) groups excluding carboxylic acids is 1. The molecule has 0 unspecified atom stereocenters. The molecule has 0 aromatic heterocycles. The lowest BCUT2D eigenvalue weighted by molar-refractivity contribution is -0.384. The normalized spacial score (nSPS) is 10.5. The molecule has 1 aromatic rings. The smallest absolute Gasteiger partial charge is 0.270 e. The molecule has 1 aromatic carbocycles. The number of hydrogen-bond donors (Lipinski definition) is 2. The summed E-state index contributed by atoms with van der Waals surface area (Å²) < 4.78 is 0. The number of amides is 1. The number of benzene rings is 1. The Kier molecular flexibility index (Phi) is 5.53. The van der Waals surface area contributed by atoms with Gasteiger partial charge in [0.15, 0.2) is 0 Å². The summed E-state index contributed by atoms with van der Waals surface area (Å²) in [7, 11) is 0. The maximum Gasteiger partial charge on any atom is 0.270 e. The monoisotopic (exact) mass is 249 g/mol. The predicted octanol–water partition coefficient (Wildman–Crippen LogP) is 1.07. The number of nitrogens with zero attached hydrogens (tertiary/aromatic N) is 1. The second-order valence-electron chi connectivity index (χ2n) is 3.62. The van der Waals surface area contributed by atoms with Gasteiger partial charge in [0.2, 0.25) is 5.91 Å². The molecule has 0 aliphatic rings. The van der Waals surface area contributed by atoms with Crippen LogP contribution in [0.4, 0.5) is 5.69 Å². The Morgan fingerprint density at radius 3 is 2.94 bits per heavy atom. The molecule has 0 fully saturated rings. The molecule has 96 valence electrons. The van der Waals surface area contributed by atoms with Crippen molar-refractivity contribution in [2.75, 3.05) is 13.1 Å². The molecular formula is C12H15N3O3. The Hall–Kier alpha value is -2.21. The molecule has 6 heteroatoms. The first-order chi connectivity index (χ1) is 8.63. The van der Waals surface area contributed by atoms with E-state index in [0.717, 1.165) is 6.42 Å². The predicted molar refractivity (Wildman–Crippen MR) is 68.8 cm³/mol. The second-order valence-corrected chi connectivity index (χ2v) is 3.62. The molecule has 1 amide bonds. The summed E-state index contributed by atoms with van der Waals surface area (Å²) in [6.45, 7) is 1.05. The minimum atomic E-state index is -0.474. The largest absolute Gasteiger partial charge is 0.353 e. The summed E-state index contributed by atoms with van der Waals surface area (Å²) in [5, 5.41) is 13.2. The molecule has 0 bridgehead atoms. The molecule has 6 nitrogen and oxygen atoms in total. The third kappa shape index (κ3) is 4.75. The molecule has 0 saturated carbocycles. The molecule has 18 heavy (non-hydrogen) atoms. The highest BCUT2D eigenvalue weighted by Gasteiger charge is 2.03. The van der Waals surface area contributed by atoms with E-state index in [9.17, 15) is 14.9 Å². The van der Waals surface area contributed by atoms with Crippen LogP contribution in [0.2, 0.25) is 0 Å². The highest BCUT2D eigenvalue weighted by Crippen LogP contribution is 2.13. The summed E-state index contributed by atoms with van der Waals surface area (Å²) >= 11 is 0. The first kappa shape index (κ1) is 13.9. The van der Waals surface area contributed by atoms with E-state index < -0.39 is 4.92 Å². The molecule has 3 N–H and O–H groups in total. The van der Waals surface area contributed by atoms with Gasteiger partial charge >= 0.3 is 0 Å². The van der Waals surface area contributed by atoms with Crippen molar-refractivity contribution in [1.29, 1.82) is 0 Å². The van der Waals surface area contributed by atoms with E-state index in [4.69, 9.17) is 5.73 Å². The maximum absolute atomic E-state index is 11.3. The number of nitro benzene ring substituents is 1. The van der Waals surface area contributed by atoms with Crippen LogP contribution in [0.5, 0.6) is 0 Å². The molecule has 0 heterocycles. The number of carbonyl (C=O) groups is 1. The third-order valence-electron chi connectivity index (χ3n) is 2.19. The fourth-order valence-corrected chi connectivity index (χ4v) is 1.29. The van der Waals surface area contributed by atoms with Crippen LogP contribution in [0, 0.1) is 10.1 Å². The summed E-state index contributed by atoms with van der Waals surface area (Å²) in [4.78, 5) is 21.4. The molecule has 0 atom stereocenters. The Morgan fingerprint density at radius 1 is 1.50 bits per heavy atom. The van der Waals surface area contributed by atoms with E-state index in [0.29, 0.717) is 18.7 Å². The van der Waals surface area contributed by atoms with Crippen LogP contribution in [0.1, 0.15) is 12.0 Å². The Balaban J connectivity index is 2.58. The summed E-state index contributed by atoms with van der Waals surface area (Å²) in [6.07, 6.45) is 3.59. The molecule has 0 aliphatic heterocycles. The summed E-state index contributed by atoms with van der Waals surface area (Å²) in [5.41, 5.74) is 5.90. The van der Waals surface area contributed by atoms with E-state index in [1.165, 1.54) is 24.3 Å². The average Bonchev–Trinajstić information content (AvgIpc) is 2.37. The minimum Gasteiger partial charge on any atom is -0.353 e. The van der Waals surface area contributed by atoms with Crippen molar-refractivity contribution >= 4 is 17.7 Å². The summed E-state index contributed by atoms with van der Waals surface area (Å²) in [5.74, 6) is -0.241. The fourth-order valence-electron chi connectivity index (χ4n) is 1.29. The zero-order chi connectivity index (χ0) is 13.4. The second kappa shape index (κ2) is 7.18. The van der Waals surface area contributed by atoms with Gasteiger partial charge in [-0.05, 0) is 24.6 Å². The van der Waals surface area contributed by atoms with Crippen molar-refractivity contribution in [3.05, 3.63) is 46.0 Å². The van der Waals surface area contributed by atoms with Crippen LogP contribution >= 0.6 is 0 Å². The average molecular weight is 249 g/mol. The van der Waals surface area contributed by atoms with Gasteiger partial charge in [-0.25, -0.2) is 0 Å². The number of non-ortho nitro benzene ring substituents is 1. The van der Waals surface area contributed by atoms with E-state index in [1.807, 2.05) is 0 Å². The van der Waals surface area contributed by atoms with Gasteiger partial charge in [0.25, 0.3) is 5.69 Å². The Labute approximate surface area is 105 Å². The first-order valence-electron chi connectivity index (χ1n) is 5.54. The van der Waals surface area contributed by atoms with Crippen molar-refractivity contribution in [3.8, 4) is 0 Å². The first-order valence-corrected chi connectivity index (χ1v) is 5.54. The van der Waals surface area contributed by atoms with Crippen LogP contribution in [0.3, 0.4) is 0 Å². The van der Waals surface area contributed by atoms with Crippen molar-refractivity contribution < 1.29 is 9.72 Å². The number of nitro groups is 1. The van der Waals surface area contributed by atoms with Crippen LogP contribution in [0.15, 0.2) is 30.3 Å². The van der Waals surface area contributed by atoms with Crippen LogP contribution in [-0.2, 0) is 4.79 Å². The topological polar surface area (TPSA) is 98.3 Å².